The highest BCUT2D eigenvalue weighted by Crippen LogP contribution is 2.41. The van der Waals surface area contributed by atoms with Gasteiger partial charge in [0.25, 0.3) is 0 Å². The van der Waals surface area contributed by atoms with Crippen molar-refractivity contribution < 1.29 is 28.9 Å². The lowest BCUT2D eigenvalue weighted by atomic mass is 9.79. The summed E-state index contributed by atoms with van der Waals surface area (Å²) in [5.74, 6) is 0.122. The first kappa shape index (κ1) is 28.0. The van der Waals surface area contributed by atoms with Crippen LogP contribution in [0.15, 0.2) is 91.5 Å². The van der Waals surface area contributed by atoms with E-state index < -0.39 is 18.5 Å². The van der Waals surface area contributed by atoms with Crippen LogP contribution >= 0.6 is 0 Å². The first-order valence-corrected chi connectivity index (χ1v) is 13.2. The van der Waals surface area contributed by atoms with Gasteiger partial charge < -0.3 is 19.3 Å². The lowest BCUT2D eigenvalue weighted by molar-refractivity contribution is -0.131. The molecule has 0 aliphatic heterocycles. The standard InChI is InChI=1S/C33H34O6/c1-4-32(35)38-29-18-19-30(31(20-29)26-12-14-27(15-13-26)37-5-2)25-8-6-23(7-9-25)24-10-16-28(17-11-24)39-33(36)22(3)21-34/h4,6-11,16-20,26-27,34H,1,3,5,12-15,21H2,2H3. The molecule has 0 heterocycles. The minimum Gasteiger partial charge on any atom is -0.423 e. The molecule has 0 spiro atoms. The van der Waals surface area contributed by atoms with Crippen molar-refractivity contribution in [3.05, 3.63) is 97.1 Å². The molecule has 4 rings (SSSR count). The van der Waals surface area contributed by atoms with Crippen LogP contribution in [0.1, 0.15) is 44.1 Å². The number of hydrogen-bond acceptors (Lipinski definition) is 6. The molecular formula is C33H34O6. The van der Waals surface area contributed by atoms with Gasteiger partial charge in [-0.1, -0.05) is 55.6 Å². The fourth-order valence-electron chi connectivity index (χ4n) is 4.94. The van der Waals surface area contributed by atoms with Crippen molar-refractivity contribution >= 4 is 11.9 Å². The van der Waals surface area contributed by atoms with Crippen LogP contribution in [-0.4, -0.2) is 36.4 Å². The van der Waals surface area contributed by atoms with Gasteiger partial charge in [0.05, 0.1) is 18.3 Å². The summed E-state index contributed by atoms with van der Waals surface area (Å²) in [6.45, 7) is 9.30. The lowest BCUT2D eigenvalue weighted by Crippen LogP contribution is -2.21. The first-order chi connectivity index (χ1) is 18.9. The van der Waals surface area contributed by atoms with Gasteiger partial charge in [-0.25, -0.2) is 9.59 Å². The van der Waals surface area contributed by atoms with Gasteiger partial charge in [0.15, 0.2) is 0 Å². The SMILES string of the molecule is C=CC(=O)Oc1ccc(-c2ccc(-c3ccc(OC(=O)C(=C)CO)cc3)cc2)c(C2CCC(OCC)CC2)c1. The van der Waals surface area contributed by atoms with Gasteiger partial charge in [-0.2, -0.15) is 0 Å². The van der Waals surface area contributed by atoms with Gasteiger partial charge in [0.2, 0.25) is 0 Å². The van der Waals surface area contributed by atoms with Gasteiger partial charge in [-0.15, -0.1) is 0 Å². The van der Waals surface area contributed by atoms with Crippen LogP contribution in [0, 0.1) is 0 Å². The molecule has 0 saturated heterocycles. The van der Waals surface area contributed by atoms with E-state index in [1.807, 2.05) is 37.3 Å². The maximum Gasteiger partial charge on any atom is 0.341 e. The molecule has 0 bridgehead atoms. The predicted octanol–water partition coefficient (Wildman–Crippen LogP) is 6.63. The average Bonchev–Trinajstić information content (AvgIpc) is 2.97. The van der Waals surface area contributed by atoms with Crippen molar-refractivity contribution in [2.75, 3.05) is 13.2 Å². The molecule has 0 atom stereocenters. The van der Waals surface area contributed by atoms with Gasteiger partial charge in [-0.3, -0.25) is 0 Å². The Morgan fingerprint density at radius 3 is 2.05 bits per heavy atom. The van der Waals surface area contributed by atoms with E-state index in [2.05, 4.69) is 37.4 Å². The van der Waals surface area contributed by atoms with E-state index in [1.165, 1.54) is 11.6 Å². The quantitative estimate of drug-likeness (QED) is 0.181. The molecule has 202 valence electrons. The molecule has 1 aliphatic carbocycles. The van der Waals surface area contributed by atoms with Crippen LogP contribution in [0.2, 0.25) is 0 Å². The summed E-state index contributed by atoms with van der Waals surface area (Å²) in [5, 5.41) is 9.03. The summed E-state index contributed by atoms with van der Waals surface area (Å²) in [4.78, 5) is 23.7. The summed E-state index contributed by atoms with van der Waals surface area (Å²) in [5.41, 5.74) is 5.36. The lowest BCUT2D eigenvalue weighted by Gasteiger charge is -2.30. The Labute approximate surface area is 229 Å². The van der Waals surface area contributed by atoms with Crippen LogP contribution in [0.5, 0.6) is 11.5 Å². The summed E-state index contributed by atoms with van der Waals surface area (Å²) >= 11 is 0. The van der Waals surface area contributed by atoms with Crippen LogP contribution in [0.3, 0.4) is 0 Å². The molecule has 3 aromatic rings. The second-order valence-electron chi connectivity index (χ2n) is 9.56. The van der Waals surface area contributed by atoms with Gasteiger partial charge in [-0.05, 0) is 90.6 Å². The van der Waals surface area contributed by atoms with E-state index in [-0.39, 0.29) is 5.57 Å². The molecule has 0 amide bonds. The molecule has 1 fully saturated rings. The third-order valence-electron chi connectivity index (χ3n) is 7.00. The van der Waals surface area contributed by atoms with E-state index in [0.29, 0.717) is 23.5 Å². The number of esters is 2. The second kappa shape index (κ2) is 13.2. The van der Waals surface area contributed by atoms with E-state index in [9.17, 15) is 9.59 Å². The van der Waals surface area contributed by atoms with E-state index in [0.717, 1.165) is 54.5 Å². The van der Waals surface area contributed by atoms with Crippen molar-refractivity contribution in [3.8, 4) is 33.8 Å². The zero-order valence-corrected chi connectivity index (χ0v) is 22.2. The van der Waals surface area contributed by atoms with Crippen molar-refractivity contribution in [2.45, 2.75) is 44.6 Å². The van der Waals surface area contributed by atoms with Crippen LogP contribution in [0.4, 0.5) is 0 Å². The highest BCUT2D eigenvalue weighted by Gasteiger charge is 2.25. The Bertz CT molecular complexity index is 1320. The number of rotatable bonds is 10. The van der Waals surface area contributed by atoms with E-state index in [4.69, 9.17) is 19.3 Å². The van der Waals surface area contributed by atoms with E-state index >= 15 is 0 Å². The summed E-state index contributed by atoms with van der Waals surface area (Å²) in [7, 11) is 0. The van der Waals surface area contributed by atoms with Gasteiger partial charge in [0.1, 0.15) is 11.5 Å². The number of ether oxygens (including phenoxy) is 3. The van der Waals surface area contributed by atoms with Crippen LogP contribution < -0.4 is 9.47 Å². The minimum atomic E-state index is -0.651. The molecule has 0 unspecified atom stereocenters. The maximum atomic E-state index is 11.8. The van der Waals surface area contributed by atoms with Crippen molar-refractivity contribution in [3.63, 3.8) is 0 Å². The first-order valence-electron chi connectivity index (χ1n) is 13.2. The van der Waals surface area contributed by atoms with Gasteiger partial charge >= 0.3 is 11.9 Å². The third kappa shape index (κ3) is 7.11. The smallest absolute Gasteiger partial charge is 0.341 e. The fraction of sp³-hybridized carbons (Fsp3) is 0.273. The monoisotopic (exact) mass is 526 g/mol. The molecule has 39 heavy (non-hydrogen) atoms. The highest BCUT2D eigenvalue weighted by atomic mass is 16.5. The normalized spacial score (nSPS) is 16.8. The number of aliphatic hydroxyl groups is 1. The molecule has 1 N–H and O–H groups in total. The molecule has 0 aromatic heterocycles. The van der Waals surface area contributed by atoms with Crippen molar-refractivity contribution in [1.82, 2.24) is 0 Å². The molecule has 1 saturated carbocycles. The highest BCUT2D eigenvalue weighted by molar-refractivity contribution is 5.89. The Morgan fingerprint density at radius 1 is 0.872 bits per heavy atom. The van der Waals surface area contributed by atoms with E-state index in [1.54, 1.807) is 12.1 Å². The summed E-state index contributed by atoms with van der Waals surface area (Å²) < 4.78 is 16.5. The average molecular weight is 527 g/mol. The number of hydrogen-bond donors (Lipinski definition) is 1. The minimum absolute atomic E-state index is 0.00303. The Hall–Kier alpha value is -4.00. The number of aliphatic hydroxyl groups excluding tert-OH is 1. The number of carbonyl (C=O) groups is 2. The zero-order chi connectivity index (χ0) is 27.8. The Kier molecular flexibility index (Phi) is 9.47. The fourth-order valence-corrected chi connectivity index (χ4v) is 4.94. The molecule has 1 aliphatic rings. The Balaban J connectivity index is 1.56. The van der Waals surface area contributed by atoms with Gasteiger partial charge in [0, 0.05) is 12.7 Å². The number of carbonyl (C=O) groups excluding carboxylic acids is 2. The predicted molar refractivity (Wildman–Crippen MR) is 152 cm³/mol. The zero-order valence-electron chi connectivity index (χ0n) is 22.2. The molecule has 0 radical (unpaired) electrons. The molecule has 3 aromatic carbocycles. The maximum absolute atomic E-state index is 11.8. The van der Waals surface area contributed by atoms with Crippen LogP contribution in [-0.2, 0) is 14.3 Å². The Morgan fingerprint density at radius 2 is 1.46 bits per heavy atom. The molecule has 6 heteroatoms. The summed E-state index contributed by atoms with van der Waals surface area (Å²) in [6, 6.07) is 21.3. The van der Waals surface area contributed by atoms with Crippen molar-refractivity contribution in [2.24, 2.45) is 0 Å². The second-order valence-corrected chi connectivity index (χ2v) is 9.56. The topological polar surface area (TPSA) is 82.1 Å². The summed E-state index contributed by atoms with van der Waals surface area (Å²) in [6.07, 6.45) is 5.51. The van der Waals surface area contributed by atoms with Crippen LogP contribution in [0.25, 0.3) is 22.3 Å². The number of benzene rings is 3. The largest absolute Gasteiger partial charge is 0.423 e. The molecular weight excluding hydrogens is 492 g/mol. The molecule has 6 nitrogen and oxygen atoms in total. The third-order valence-corrected chi connectivity index (χ3v) is 7.00. The van der Waals surface area contributed by atoms with Crippen molar-refractivity contribution in [1.29, 1.82) is 0 Å².